The lowest BCUT2D eigenvalue weighted by atomic mass is 10.2. The van der Waals surface area contributed by atoms with Crippen molar-refractivity contribution in [3.8, 4) is 17.5 Å². The Hall–Kier alpha value is -2.11. The molecule has 0 radical (unpaired) electrons. The number of imidazole rings is 1. The Bertz CT molecular complexity index is 570. The number of hydrogen-bond donors (Lipinski definition) is 2. The van der Waals surface area contributed by atoms with Crippen LogP contribution < -0.4 is 5.56 Å². The average Bonchev–Trinajstić information content (AvgIpc) is 2.64. The number of H-pyrrole nitrogens is 1. The molecule has 6 nitrogen and oxygen atoms in total. The molecule has 2 rings (SSSR count). The van der Waals surface area contributed by atoms with E-state index >= 15 is 0 Å². The van der Waals surface area contributed by atoms with Crippen LogP contribution in [-0.2, 0) is 13.5 Å². The summed E-state index contributed by atoms with van der Waals surface area (Å²) in [5.74, 6) is 0.548. The lowest BCUT2D eigenvalue weighted by molar-refractivity contribution is 0.444. The molecule has 0 atom stereocenters. The third-order valence-electron chi connectivity index (χ3n) is 2.38. The van der Waals surface area contributed by atoms with Crippen molar-refractivity contribution in [3.05, 3.63) is 28.3 Å². The van der Waals surface area contributed by atoms with E-state index in [-0.39, 0.29) is 22.8 Å². The Morgan fingerprint density at radius 1 is 1.56 bits per heavy atom. The van der Waals surface area contributed by atoms with Crippen LogP contribution in [0.5, 0.6) is 5.88 Å². The van der Waals surface area contributed by atoms with Gasteiger partial charge in [0.1, 0.15) is 0 Å². The van der Waals surface area contributed by atoms with Gasteiger partial charge in [-0.25, -0.2) is 4.98 Å². The van der Waals surface area contributed by atoms with Crippen molar-refractivity contribution in [1.82, 2.24) is 19.5 Å². The van der Waals surface area contributed by atoms with Gasteiger partial charge < -0.3 is 14.7 Å². The maximum Gasteiger partial charge on any atom is 0.258 e. The number of hydrogen-bond acceptors (Lipinski definition) is 4. The first-order chi connectivity index (χ1) is 7.63. The van der Waals surface area contributed by atoms with E-state index in [1.165, 1.54) is 0 Å². The molecule has 0 bridgehead atoms. The van der Waals surface area contributed by atoms with Crippen LogP contribution in [-0.4, -0.2) is 24.6 Å². The number of nitrogens with one attached hydrogen (secondary N) is 1. The molecule has 2 heterocycles. The van der Waals surface area contributed by atoms with E-state index in [2.05, 4.69) is 15.0 Å². The first kappa shape index (κ1) is 10.4. The van der Waals surface area contributed by atoms with Crippen LogP contribution in [0.3, 0.4) is 0 Å². The molecular weight excluding hydrogens is 208 g/mol. The van der Waals surface area contributed by atoms with Gasteiger partial charge in [-0.15, -0.1) is 0 Å². The lowest BCUT2D eigenvalue weighted by Gasteiger charge is -2.04. The van der Waals surface area contributed by atoms with Gasteiger partial charge in [0.05, 0.1) is 5.56 Å². The lowest BCUT2D eigenvalue weighted by Crippen LogP contribution is -2.15. The number of nitrogens with zero attached hydrogens (tertiary/aromatic N) is 3. The van der Waals surface area contributed by atoms with Crippen molar-refractivity contribution in [3.63, 3.8) is 0 Å². The van der Waals surface area contributed by atoms with Gasteiger partial charge in [-0.2, -0.15) is 4.98 Å². The van der Waals surface area contributed by atoms with Crippen molar-refractivity contribution in [2.45, 2.75) is 13.3 Å². The summed E-state index contributed by atoms with van der Waals surface area (Å²) in [5.41, 5.74) is -0.0361. The summed E-state index contributed by atoms with van der Waals surface area (Å²) in [6, 6.07) is 0. The summed E-state index contributed by atoms with van der Waals surface area (Å²) in [6.07, 6.45) is 3.77. The Labute approximate surface area is 91.6 Å². The van der Waals surface area contributed by atoms with Gasteiger partial charge in [0, 0.05) is 19.4 Å². The molecule has 0 spiro atoms. The third kappa shape index (κ3) is 1.58. The fourth-order valence-corrected chi connectivity index (χ4v) is 1.50. The normalized spacial score (nSPS) is 10.6. The van der Waals surface area contributed by atoms with E-state index in [1.54, 1.807) is 30.9 Å². The molecule has 2 N–H and O–H groups in total. The van der Waals surface area contributed by atoms with Gasteiger partial charge in [0.15, 0.2) is 11.6 Å². The summed E-state index contributed by atoms with van der Waals surface area (Å²) >= 11 is 0. The van der Waals surface area contributed by atoms with Crippen LogP contribution in [0.15, 0.2) is 17.2 Å². The number of aromatic amines is 1. The van der Waals surface area contributed by atoms with Gasteiger partial charge in [-0.1, -0.05) is 6.92 Å². The van der Waals surface area contributed by atoms with E-state index < -0.39 is 0 Å². The molecule has 0 fully saturated rings. The first-order valence-electron chi connectivity index (χ1n) is 4.93. The van der Waals surface area contributed by atoms with Crippen molar-refractivity contribution >= 4 is 0 Å². The van der Waals surface area contributed by atoms with E-state index in [4.69, 9.17) is 0 Å². The van der Waals surface area contributed by atoms with Crippen LogP contribution in [0.25, 0.3) is 11.6 Å². The smallest absolute Gasteiger partial charge is 0.258 e. The molecule has 0 amide bonds. The predicted molar refractivity (Wildman–Crippen MR) is 58.1 cm³/mol. The first-order valence-corrected chi connectivity index (χ1v) is 4.93. The number of aromatic hydroxyl groups is 1. The molecule has 16 heavy (non-hydrogen) atoms. The second-order valence-corrected chi connectivity index (χ2v) is 3.43. The molecule has 2 aromatic heterocycles. The van der Waals surface area contributed by atoms with Crippen molar-refractivity contribution < 1.29 is 5.11 Å². The molecule has 0 aromatic carbocycles. The summed E-state index contributed by atoms with van der Waals surface area (Å²) in [4.78, 5) is 22.2. The van der Waals surface area contributed by atoms with Gasteiger partial charge >= 0.3 is 0 Å². The maximum atomic E-state index is 11.6. The molecule has 0 unspecified atom stereocenters. The molecule has 0 saturated carbocycles. The average molecular weight is 220 g/mol. The monoisotopic (exact) mass is 220 g/mol. The SMILES string of the molecule is CCc1c(O)nc(-c2nccn2C)[nH]c1=O. The zero-order chi connectivity index (χ0) is 11.7. The van der Waals surface area contributed by atoms with Gasteiger partial charge in [-0.05, 0) is 6.42 Å². The summed E-state index contributed by atoms with van der Waals surface area (Å²) in [6.45, 7) is 1.78. The van der Waals surface area contributed by atoms with E-state index in [0.29, 0.717) is 12.2 Å². The topological polar surface area (TPSA) is 83.8 Å². The number of aromatic nitrogens is 4. The van der Waals surface area contributed by atoms with Crippen molar-refractivity contribution in [2.75, 3.05) is 0 Å². The minimum atomic E-state index is -0.326. The van der Waals surface area contributed by atoms with Gasteiger partial charge in [0.2, 0.25) is 5.88 Å². The molecule has 0 saturated heterocycles. The Morgan fingerprint density at radius 2 is 2.31 bits per heavy atom. The molecule has 0 aliphatic rings. The zero-order valence-electron chi connectivity index (χ0n) is 9.06. The highest BCUT2D eigenvalue weighted by Crippen LogP contribution is 2.15. The fourth-order valence-electron chi connectivity index (χ4n) is 1.50. The highest BCUT2D eigenvalue weighted by Gasteiger charge is 2.12. The second kappa shape index (κ2) is 3.80. The molecule has 84 valence electrons. The minimum absolute atomic E-state index is 0.232. The molecule has 0 aliphatic heterocycles. The molecular formula is C10H12N4O2. The van der Waals surface area contributed by atoms with Gasteiger partial charge in [-0.3, -0.25) is 4.79 Å². The predicted octanol–water partition coefficient (Wildman–Crippen LogP) is 0.438. The highest BCUT2D eigenvalue weighted by molar-refractivity contribution is 5.45. The molecule has 6 heteroatoms. The van der Waals surface area contributed by atoms with Crippen LogP contribution in [0.4, 0.5) is 0 Å². The van der Waals surface area contributed by atoms with E-state index in [9.17, 15) is 9.90 Å². The summed E-state index contributed by atoms with van der Waals surface area (Å²) in [7, 11) is 1.78. The van der Waals surface area contributed by atoms with Crippen molar-refractivity contribution in [1.29, 1.82) is 0 Å². The second-order valence-electron chi connectivity index (χ2n) is 3.43. The Balaban J connectivity index is 2.61. The Morgan fingerprint density at radius 3 is 2.81 bits per heavy atom. The minimum Gasteiger partial charge on any atom is -0.493 e. The summed E-state index contributed by atoms with van der Waals surface area (Å²) in [5, 5.41) is 9.59. The van der Waals surface area contributed by atoms with Crippen LogP contribution in [0.2, 0.25) is 0 Å². The maximum absolute atomic E-state index is 11.6. The van der Waals surface area contributed by atoms with Crippen LogP contribution >= 0.6 is 0 Å². The van der Waals surface area contributed by atoms with Crippen LogP contribution in [0.1, 0.15) is 12.5 Å². The fraction of sp³-hybridized carbons (Fsp3) is 0.300. The largest absolute Gasteiger partial charge is 0.493 e. The highest BCUT2D eigenvalue weighted by atomic mass is 16.3. The standard InChI is InChI=1S/C10H12N4O2/c1-3-6-9(15)12-7(13-10(6)16)8-11-4-5-14(8)2/h4-5H,3H2,1-2H3,(H2,12,13,15,16). The third-order valence-corrected chi connectivity index (χ3v) is 2.38. The summed E-state index contributed by atoms with van der Waals surface area (Å²) < 4.78 is 1.71. The Kier molecular flexibility index (Phi) is 2.47. The number of aryl methyl sites for hydroxylation is 1. The van der Waals surface area contributed by atoms with E-state index in [0.717, 1.165) is 0 Å². The molecule has 0 aliphatic carbocycles. The number of rotatable bonds is 2. The van der Waals surface area contributed by atoms with E-state index in [1.807, 2.05) is 0 Å². The molecule has 2 aromatic rings. The zero-order valence-corrected chi connectivity index (χ0v) is 9.06. The quantitative estimate of drug-likeness (QED) is 0.769. The van der Waals surface area contributed by atoms with Crippen molar-refractivity contribution in [2.24, 2.45) is 7.05 Å². The van der Waals surface area contributed by atoms with Gasteiger partial charge in [0.25, 0.3) is 5.56 Å². The van der Waals surface area contributed by atoms with Crippen LogP contribution in [0, 0.1) is 0 Å².